The number of piperidine rings is 2. The Bertz CT molecular complexity index is 2630. The SMILES string of the molecule is C=Cc1cnc2c(c1)CCc1cc(Cl)ccc1C2=C1CCN(C(=O)OCC)CC1.CCOC(=O)N1CCC(=C2c3ccc(Cl)cc3CCc3cc(OS(=O)(=O)C(F)(F)F)cnc32)CC1. The lowest BCUT2D eigenvalue weighted by molar-refractivity contribution is -0.0500. The number of benzene rings is 2. The van der Waals surface area contributed by atoms with Gasteiger partial charge in [-0.2, -0.15) is 21.6 Å². The standard InChI is InChI=1S/C24H25ClN2O2.C23H22ClF3N2O5S/c1-3-16-13-19-6-5-18-14-20(25)7-8-21(18)22(23(19)26-15-16)17-9-11-27(12-10-17)24(28)29-4-2;1-2-33-22(30)29-9-7-14(8-10-29)20-19-6-5-17(24)11-15(19)3-4-16-12-18(13-28-21(16)20)34-35(31,32)23(25,26)27/h3,7-8,13-15H,1,4-6,9-12H2,2H3;5-6,11-13H,2-4,7-10H2,1H3. The van der Waals surface area contributed by atoms with Crippen LogP contribution >= 0.6 is 23.2 Å². The zero-order valence-electron chi connectivity index (χ0n) is 35.4. The van der Waals surface area contributed by atoms with Gasteiger partial charge in [0.2, 0.25) is 0 Å². The molecule has 2 saturated heterocycles. The normalized spacial score (nSPS) is 16.2. The highest BCUT2D eigenvalue weighted by molar-refractivity contribution is 7.88. The molecular weight excluding hydrogens is 893 g/mol. The van der Waals surface area contributed by atoms with E-state index in [1.54, 1.807) is 22.8 Å². The molecule has 4 aliphatic rings. The molecule has 2 aliphatic carbocycles. The summed E-state index contributed by atoms with van der Waals surface area (Å²) >= 11 is 12.5. The zero-order chi connectivity index (χ0) is 45.8. The minimum Gasteiger partial charge on any atom is -0.450 e. The van der Waals surface area contributed by atoms with E-state index in [1.165, 1.54) is 33.9 Å². The molecule has 4 aromatic rings. The molecule has 0 radical (unpaired) electrons. The number of nitrogens with zero attached hydrogens (tertiary/aromatic N) is 4. The van der Waals surface area contributed by atoms with Crippen molar-refractivity contribution in [1.29, 1.82) is 0 Å². The first kappa shape index (κ1) is 46.6. The van der Waals surface area contributed by atoms with Gasteiger partial charge in [0, 0.05) is 53.6 Å². The maximum atomic E-state index is 12.8. The first-order valence-electron chi connectivity index (χ1n) is 21.1. The van der Waals surface area contributed by atoms with Gasteiger partial charge < -0.3 is 23.5 Å². The Kier molecular flexibility index (Phi) is 14.4. The second kappa shape index (κ2) is 19.8. The molecule has 2 aromatic heterocycles. The lowest BCUT2D eigenvalue weighted by Crippen LogP contribution is -2.37. The number of hydrogen-bond donors (Lipinski definition) is 0. The lowest BCUT2D eigenvalue weighted by Gasteiger charge is -2.29. The monoisotopic (exact) mass is 938 g/mol. The number of ether oxygens (including phenoxy) is 2. The fourth-order valence-electron chi connectivity index (χ4n) is 8.56. The van der Waals surface area contributed by atoms with Crippen molar-refractivity contribution in [3.8, 4) is 5.75 Å². The minimum atomic E-state index is -5.82. The predicted octanol–water partition coefficient (Wildman–Crippen LogP) is 10.6. The molecule has 0 saturated carbocycles. The van der Waals surface area contributed by atoms with Gasteiger partial charge in [-0.1, -0.05) is 59.1 Å². The molecule has 2 amide bonds. The minimum absolute atomic E-state index is 0.223. The van der Waals surface area contributed by atoms with E-state index in [0.717, 1.165) is 70.4 Å². The van der Waals surface area contributed by atoms with Crippen LogP contribution in [0.3, 0.4) is 0 Å². The summed E-state index contributed by atoms with van der Waals surface area (Å²) in [6.07, 6.45) is 9.62. The van der Waals surface area contributed by atoms with Crippen molar-refractivity contribution in [2.24, 2.45) is 0 Å². The van der Waals surface area contributed by atoms with Crippen molar-refractivity contribution in [3.05, 3.63) is 139 Å². The number of amides is 2. The molecule has 0 unspecified atom stereocenters. The summed E-state index contributed by atoms with van der Waals surface area (Å²) in [4.78, 5) is 36.8. The Hall–Kier alpha value is -5.38. The van der Waals surface area contributed by atoms with E-state index in [4.69, 9.17) is 37.7 Å². The number of halogens is 5. The van der Waals surface area contributed by atoms with Crippen molar-refractivity contribution in [2.75, 3.05) is 39.4 Å². The highest BCUT2D eigenvalue weighted by Crippen LogP contribution is 2.41. The largest absolute Gasteiger partial charge is 0.534 e. The summed E-state index contributed by atoms with van der Waals surface area (Å²) in [6, 6.07) is 15.1. The predicted molar refractivity (Wildman–Crippen MR) is 240 cm³/mol. The molecule has 0 spiro atoms. The van der Waals surface area contributed by atoms with Crippen molar-refractivity contribution >= 4 is 62.7 Å². The van der Waals surface area contributed by atoms with E-state index in [1.807, 2.05) is 37.4 Å². The highest BCUT2D eigenvalue weighted by Gasteiger charge is 2.48. The average Bonchev–Trinajstić information content (AvgIpc) is 3.53. The number of likely N-dealkylation sites (tertiary alicyclic amines) is 2. The number of carbonyl (C=O) groups is 2. The Labute approximate surface area is 380 Å². The van der Waals surface area contributed by atoms with Crippen molar-refractivity contribution in [2.45, 2.75) is 70.7 Å². The number of alkyl halides is 3. The summed E-state index contributed by atoms with van der Waals surface area (Å²) < 4.78 is 75.9. The maximum absolute atomic E-state index is 12.8. The third-order valence-corrected chi connectivity index (χ3v) is 13.1. The third kappa shape index (κ3) is 10.3. The Morgan fingerprint density at radius 1 is 0.688 bits per heavy atom. The van der Waals surface area contributed by atoms with Crippen molar-refractivity contribution in [3.63, 3.8) is 0 Å². The molecule has 11 nitrogen and oxygen atoms in total. The van der Waals surface area contributed by atoms with Crippen LogP contribution in [0.5, 0.6) is 5.75 Å². The molecule has 0 bridgehead atoms. The molecule has 8 rings (SSSR count). The van der Waals surface area contributed by atoms with Crippen molar-refractivity contribution in [1.82, 2.24) is 19.8 Å². The van der Waals surface area contributed by atoms with E-state index in [2.05, 4.69) is 33.9 Å². The molecule has 2 aromatic carbocycles. The van der Waals surface area contributed by atoms with E-state index in [-0.39, 0.29) is 18.8 Å². The van der Waals surface area contributed by atoms with Crippen molar-refractivity contribution < 1.29 is 44.8 Å². The van der Waals surface area contributed by atoms with Crippen LogP contribution in [-0.4, -0.2) is 85.3 Å². The van der Waals surface area contributed by atoms with E-state index in [9.17, 15) is 31.2 Å². The zero-order valence-corrected chi connectivity index (χ0v) is 37.7. The van der Waals surface area contributed by atoms with Gasteiger partial charge in [-0.15, -0.1) is 0 Å². The molecule has 2 fully saturated rings. The first-order valence-corrected chi connectivity index (χ1v) is 23.2. The molecule has 4 heterocycles. The van der Waals surface area contributed by atoms with Crippen LogP contribution in [0.25, 0.3) is 17.2 Å². The van der Waals surface area contributed by atoms with Gasteiger partial charge in [-0.25, -0.2) is 9.59 Å². The van der Waals surface area contributed by atoms with Gasteiger partial charge in [0.05, 0.1) is 30.8 Å². The molecule has 338 valence electrons. The molecule has 2 aliphatic heterocycles. The van der Waals surface area contributed by atoms with E-state index < -0.39 is 21.4 Å². The van der Waals surface area contributed by atoms with Crippen LogP contribution < -0.4 is 4.18 Å². The van der Waals surface area contributed by atoms with Crippen LogP contribution in [0.2, 0.25) is 10.0 Å². The van der Waals surface area contributed by atoms with Gasteiger partial charge >= 0.3 is 27.8 Å². The fraction of sp³-hybridized carbons (Fsp3) is 0.362. The van der Waals surface area contributed by atoms with Crippen LogP contribution in [0.15, 0.2) is 78.6 Å². The second-order valence-corrected chi connectivity index (χ2v) is 18.0. The van der Waals surface area contributed by atoms with E-state index >= 15 is 0 Å². The van der Waals surface area contributed by atoms with Gasteiger partial charge in [0.1, 0.15) is 0 Å². The number of pyridine rings is 2. The van der Waals surface area contributed by atoms with Crippen LogP contribution in [0, 0.1) is 0 Å². The van der Waals surface area contributed by atoms with Crippen LogP contribution in [0.1, 0.15) is 89.9 Å². The molecule has 64 heavy (non-hydrogen) atoms. The Morgan fingerprint density at radius 3 is 1.56 bits per heavy atom. The number of fused-ring (bicyclic) bond motifs is 4. The topological polar surface area (TPSA) is 128 Å². The van der Waals surface area contributed by atoms with Crippen LogP contribution in [0.4, 0.5) is 22.8 Å². The fourth-order valence-corrected chi connectivity index (χ4v) is 9.39. The summed E-state index contributed by atoms with van der Waals surface area (Å²) in [5.74, 6) is -0.508. The second-order valence-electron chi connectivity index (χ2n) is 15.6. The molecule has 0 N–H and O–H groups in total. The Balaban J connectivity index is 0.000000195. The number of carbonyl (C=O) groups excluding carboxylic acids is 2. The summed E-state index contributed by atoms with van der Waals surface area (Å²) in [5.41, 5.74) is 7.59. The number of aromatic nitrogens is 2. The van der Waals surface area contributed by atoms with Gasteiger partial charge in [-0.3, -0.25) is 9.97 Å². The summed E-state index contributed by atoms with van der Waals surface area (Å²) in [5, 5.41) is 1.31. The average molecular weight is 940 g/mol. The molecule has 0 atom stereocenters. The van der Waals surface area contributed by atoms with Gasteiger partial charge in [-0.05, 0) is 141 Å². The Morgan fingerprint density at radius 2 is 1.12 bits per heavy atom. The number of hydrogen-bond acceptors (Lipinski definition) is 9. The van der Waals surface area contributed by atoms with Gasteiger partial charge in [0.15, 0.2) is 5.75 Å². The first-order chi connectivity index (χ1) is 30.6. The lowest BCUT2D eigenvalue weighted by atomic mass is 9.88. The molecular formula is C47H47Cl2F3N4O7S. The number of aryl methyl sites for hydroxylation is 4. The molecule has 17 heteroatoms. The van der Waals surface area contributed by atoms with Crippen LogP contribution in [-0.2, 0) is 45.3 Å². The maximum Gasteiger partial charge on any atom is 0.534 e. The quantitative estimate of drug-likeness (QED) is 0.142. The summed E-state index contributed by atoms with van der Waals surface area (Å²) in [7, 11) is -5.82. The highest BCUT2D eigenvalue weighted by atomic mass is 35.5. The smallest absolute Gasteiger partial charge is 0.450 e. The number of rotatable bonds is 5. The van der Waals surface area contributed by atoms with E-state index in [0.29, 0.717) is 74.7 Å². The third-order valence-electron chi connectivity index (χ3n) is 11.6. The summed E-state index contributed by atoms with van der Waals surface area (Å²) in [6.45, 7) is 10.4. The van der Waals surface area contributed by atoms with Gasteiger partial charge in [0.25, 0.3) is 0 Å².